The predicted molar refractivity (Wildman–Crippen MR) is 96.5 cm³/mol. The molecule has 3 rings (SSSR count). The summed E-state index contributed by atoms with van der Waals surface area (Å²) < 4.78 is 0. The second kappa shape index (κ2) is 6.73. The second-order valence-corrected chi connectivity index (χ2v) is 7.20. The van der Waals surface area contributed by atoms with Gasteiger partial charge in [0.25, 0.3) is 0 Å². The topological polar surface area (TPSA) is 62.3 Å². The summed E-state index contributed by atoms with van der Waals surface area (Å²) in [6, 6.07) is 6.15. The molecule has 24 heavy (non-hydrogen) atoms. The van der Waals surface area contributed by atoms with Gasteiger partial charge in [0.1, 0.15) is 0 Å². The molecule has 1 aliphatic heterocycles. The molecular formula is C18H21N3O2S. The van der Waals surface area contributed by atoms with Crippen LogP contribution in [0.3, 0.4) is 0 Å². The van der Waals surface area contributed by atoms with Gasteiger partial charge in [0.05, 0.1) is 12.1 Å². The highest BCUT2D eigenvalue weighted by atomic mass is 32.1. The lowest BCUT2D eigenvalue weighted by Crippen LogP contribution is -2.31. The number of anilines is 2. The summed E-state index contributed by atoms with van der Waals surface area (Å²) in [5.41, 5.74) is 4.10. The molecule has 0 radical (unpaired) electrons. The van der Waals surface area contributed by atoms with Crippen LogP contribution in [0.1, 0.15) is 30.7 Å². The van der Waals surface area contributed by atoms with Gasteiger partial charge in [0, 0.05) is 23.5 Å². The van der Waals surface area contributed by atoms with E-state index in [4.69, 9.17) is 0 Å². The fourth-order valence-corrected chi connectivity index (χ4v) is 3.56. The SMILES string of the molecule is Cc1cccc2c1N(C(=O)Cc1csc(NC(=O)C(C)C)n1)CC2. The van der Waals surface area contributed by atoms with Crippen LogP contribution >= 0.6 is 11.3 Å². The van der Waals surface area contributed by atoms with E-state index >= 15 is 0 Å². The number of nitrogens with one attached hydrogen (secondary N) is 1. The lowest BCUT2D eigenvalue weighted by molar-refractivity contribution is -0.119. The Kier molecular flexibility index (Phi) is 4.66. The number of benzene rings is 1. The molecule has 0 unspecified atom stereocenters. The Bertz CT molecular complexity index is 782. The van der Waals surface area contributed by atoms with E-state index in [1.54, 1.807) is 0 Å². The quantitative estimate of drug-likeness (QED) is 0.927. The lowest BCUT2D eigenvalue weighted by Gasteiger charge is -2.18. The summed E-state index contributed by atoms with van der Waals surface area (Å²) >= 11 is 1.35. The van der Waals surface area contributed by atoms with Crippen LogP contribution in [0.5, 0.6) is 0 Å². The van der Waals surface area contributed by atoms with Crippen molar-refractivity contribution in [1.29, 1.82) is 0 Å². The standard InChI is InChI=1S/C18H21N3O2S/c1-11(2)17(23)20-18-19-14(10-24-18)9-15(22)21-8-7-13-6-4-5-12(3)16(13)21/h4-6,10-11H,7-9H2,1-3H3,(H,19,20,23). The monoisotopic (exact) mass is 343 g/mol. The number of carbonyl (C=O) groups is 2. The third-order valence-corrected chi connectivity index (χ3v) is 4.94. The molecule has 0 saturated heterocycles. The predicted octanol–water partition coefficient (Wildman–Crippen LogP) is 3.18. The number of carbonyl (C=O) groups excluding carboxylic acids is 2. The molecule has 0 bridgehead atoms. The number of rotatable bonds is 4. The number of thiazole rings is 1. The Morgan fingerprint density at radius 1 is 1.38 bits per heavy atom. The fraction of sp³-hybridized carbons (Fsp3) is 0.389. The fourth-order valence-electron chi connectivity index (χ4n) is 2.85. The van der Waals surface area contributed by atoms with Crippen molar-refractivity contribution in [3.63, 3.8) is 0 Å². The molecule has 0 spiro atoms. The number of amides is 2. The van der Waals surface area contributed by atoms with Gasteiger partial charge in [0.15, 0.2) is 5.13 Å². The first-order valence-corrected chi connectivity index (χ1v) is 8.98. The summed E-state index contributed by atoms with van der Waals surface area (Å²) in [7, 11) is 0. The van der Waals surface area contributed by atoms with Crippen LogP contribution in [0.25, 0.3) is 0 Å². The molecule has 1 N–H and O–H groups in total. The zero-order chi connectivity index (χ0) is 17.3. The first-order chi connectivity index (χ1) is 11.5. The van der Waals surface area contributed by atoms with Crippen LogP contribution < -0.4 is 10.2 Å². The van der Waals surface area contributed by atoms with Crippen molar-refractivity contribution < 1.29 is 9.59 Å². The molecule has 126 valence electrons. The van der Waals surface area contributed by atoms with Crippen LogP contribution in [0, 0.1) is 12.8 Å². The Morgan fingerprint density at radius 2 is 2.17 bits per heavy atom. The van der Waals surface area contributed by atoms with Gasteiger partial charge in [-0.25, -0.2) is 4.98 Å². The molecule has 2 amide bonds. The Hall–Kier alpha value is -2.21. The number of aromatic nitrogens is 1. The first-order valence-electron chi connectivity index (χ1n) is 8.10. The lowest BCUT2D eigenvalue weighted by atomic mass is 10.1. The van der Waals surface area contributed by atoms with E-state index in [0.29, 0.717) is 10.8 Å². The molecule has 2 heterocycles. The van der Waals surface area contributed by atoms with E-state index in [9.17, 15) is 9.59 Å². The minimum Gasteiger partial charge on any atom is -0.311 e. The van der Waals surface area contributed by atoms with Crippen molar-refractivity contribution >= 4 is 34.0 Å². The van der Waals surface area contributed by atoms with Gasteiger partial charge in [-0.2, -0.15) is 0 Å². The molecule has 0 atom stereocenters. The maximum Gasteiger partial charge on any atom is 0.233 e. The third kappa shape index (κ3) is 3.33. The highest BCUT2D eigenvalue weighted by molar-refractivity contribution is 7.13. The molecular weight excluding hydrogens is 322 g/mol. The number of nitrogens with zero attached hydrogens (tertiary/aromatic N) is 2. The maximum absolute atomic E-state index is 12.7. The first kappa shape index (κ1) is 16.6. The second-order valence-electron chi connectivity index (χ2n) is 6.34. The Balaban J connectivity index is 1.69. The van der Waals surface area contributed by atoms with Crippen molar-refractivity contribution in [2.24, 2.45) is 5.92 Å². The van der Waals surface area contributed by atoms with Crippen LogP contribution in [-0.2, 0) is 22.4 Å². The molecule has 1 aromatic carbocycles. The molecule has 5 nitrogen and oxygen atoms in total. The summed E-state index contributed by atoms with van der Waals surface area (Å²) in [6.07, 6.45) is 1.15. The summed E-state index contributed by atoms with van der Waals surface area (Å²) in [5, 5.41) is 5.16. The van der Waals surface area contributed by atoms with Gasteiger partial charge in [-0.15, -0.1) is 11.3 Å². The minimum atomic E-state index is -0.0944. The van der Waals surface area contributed by atoms with Crippen molar-refractivity contribution in [3.05, 3.63) is 40.4 Å². The van der Waals surface area contributed by atoms with Crippen LogP contribution in [0.15, 0.2) is 23.6 Å². The summed E-state index contributed by atoms with van der Waals surface area (Å²) in [5.74, 6) is -0.107. The molecule has 1 aromatic heterocycles. The average molecular weight is 343 g/mol. The van der Waals surface area contributed by atoms with E-state index in [-0.39, 0.29) is 24.2 Å². The smallest absolute Gasteiger partial charge is 0.233 e. The third-order valence-electron chi connectivity index (χ3n) is 4.14. The largest absolute Gasteiger partial charge is 0.311 e. The van der Waals surface area contributed by atoms with E-state index in [0.717, 1.165) is 24.2 Å². The molecule has 0 fully saturated rings. The summed E-state index contributed by atoms with van der Waals surface area (Å²) in [4.78, 5) is 30.6. The van der Waals surface area contributed by atoms with Crippen LogP contribution in [0.4, 0.5) is 10.8 Å². The van der Waals surface area contributed by atoms with Crippen molar-refractivity contribution in [3.8, 4) is 0 Å². The average Bonchev–Trinajstić information content (AvgIpc) is 3.14. The molecule has 0 saturated carbocycles. The number of aryl methyl sites for hydroxylation is 1. The van der Waals surface area contributed by atoms with Gasteiger partial charge >= 0.3 is 0 Å². The van der Waals surface area contributed by atoms with Crippen LogP contribution in [-0.4, -0.2) is 23.3 Å². The van der Waals surface area contributed by atoms with Gasteiger partial charge < -0.3 is 10.2 Å². The molecule has 6 heteroatoms. The van der Waals surface area contributed by atoms with E-state index in [1.807, 2.05) is 43.2 Å². The van der Waals surface area contributed by atoms with Crippen molar-refractivity contribution in [2.75, 3.05) is 16.8 Å². The molecule has 0 aliphatic carbocycles. The number of hydrogen-bond acceptors (Lipinski definition) is 4. The summed E-state index contributed by atoms with van der Waals surface area (Å²) in [6.45, 7) is 6.42. The maximum atomic E-state index is 12.7. The van der Waals surface area contributed by atoms with E-state index < -0.39 is 0 Å². The highest BCUT2D eigenvalue weighted by Crippen LogP contribution is 2.32. The number of para-hydroxylation sites is 1. The Labute approximate surface area is 145 Å². The highest BCUT2D eigenvalue weighted by Gasteiger charge is 2.26. The number of hydrogen-bond donors (Lipinski definition) is 1. The van der Waals surface area contributed by atoms with Crippen molar-refractivity contribution in [1.82, 2.24) is 4.98 Å². The zero-order valence-corrected chi connectivity index (χ0v) is 14.9. The van der Waals surface area contributed by atoms with Gasteiger partial charge in [-0.05, 0) is 24.5 Å². The number of fused-ring (bicyclic) bond motifs is 1. The molecule has 2 aromatic rings. The molecule has 1 aliphatic rings. The van der Waals surface area contributed by atoms with Crippen LogP contribution in [0.2, 0.25) is 0 Å². The van der Waals surface area contributed by atoms with Gasteiger partial charge in [0.2, 0.25) is 11.8 Å². The normalized spacial score (nSPS) is 13.2. The van der Waals surface area contributed by atoms with E-state index in [2.05, 4.69) is 16.4 Å². The van der Waals surface area contributed by atoms with E-state index in [1.165, 1.54) is 16.9 Å². The van der Waals surface area contributed by atoms with Crippen molar-refractivity contribution in [2.45, 2.75) is 33.6 Å². The Morgan fingerprint density at radius 3 is 2.92 bits per heavy atom. The van der Waals surface area contributed by atoms with Gasteiger partial charge in [-0.1, -0.05) is 32.0 Å². The minimum absolute atomic E-state index is 0.0510. The van der Waals surface area contributed by atoms with Gasteiger partial charge in [-0.3, -0.25) is 9.59 Å². The zero-order valence-electron chi connectivity index (χ0n) is 14.1.